The van der Waals surface area contributed by atoms with Crippen molar-refractivity contribution >= 4 is 29.9 Å². The fourth-order valence-corrected chi connectivity index (χ4v) is 2.23. The highest BCUT2D eigenvalue weighted by Gasteiger charge is 2.11. The van der Waals surface area contributed by atoms with E-state index in [1.807, 2.05) is 6.92 Å². The average molecular weight is 413 g/mol. The summed E-state index contributed by atoms with van der Waals surface area (Å²) in [4.78, 5) is 9.16. The van der Waals surface area contributed by atoms with Gasteiger partial charge in [0, 0.05) is 45.9 Å². The molecule has 0 aromatic carbocycles. The van der Waals surface area contributed by atoms with Crippen molar-refractivity contribution in [2.45, 2.75) is 19.8 Å². The summed E-state index contributed by atoms with van der Waals surface area (Å²) in [7, 11) is 2.19. The Hall–Kier alpha value is -0.120. The molecule has 0 bridgehead atoms. The van der Waals surface area contributed by atoms with Crippen molar-refractivity contribution < 1.29 is 4.74 Å². The van der Waals surface area contributed by atoms with E-state index in [-0.39, 0.29) is 24.0 Å². The number of hydrogen-bond donors (Lipinski definition) is 2. The van der Waals surface area contributed by atoms with Crippen LogP contribution in [0.4, 0.5) is 0 Å². The predicted molar refractivity (Wildman–Crippen MR) is 99.6 cm³/mol. The lowest BCUT2D eigenvalue weighted by Gasteiger charge is -2.20. The van der Waals surface area contributed by atoms with Crippen molar-refractivity contribution in [2.24, 2.45) is 10.7 Å². The number of aliphatic imine (C=N–C) groups is 1. The first-order valence-corrected chi connectivity index (χ1v) is 7.74. The molecule has 3 N–H and O–H groups in total. The molecule has 1 aliphatic heterocycles. The minimum Gasteiger partial charge on any atom is -0.382 e. The predicted octanol–water partition coefficient (Wildman–Crippen LogP) is 0.573. The van der Waals surface area contributed by atoms with Gasteiger partial charge in [0.2, 0.25) is 0 Å². The van der Waals surface area contributed by atoms with Gasteiger partial charge < -0.3 is 25.6 Å². The molecule has 1 saturated heterocycles. The molecule has 0 radical (unpaired) electrons. The first-order chi connectivity index (χ1) is 9.72. The van der Waals surface area contributed by atoms with Gasteiger partial charge in [0.25, 0.3) is 0 Å². The van der Waals surface area contributed by atoms with Gasteiger partial charge in [-0.3, -0.25) is 4.99 Å². The van der Waals surface area contributed by atoms with Crippen LogP contribution in [0.25, 0.3) is 0 Å². The van der Waals surface area contributed by atoms with Gasteiger partial charge in [0.1, 0.15) is 0 Å². The zero-order valence-corrected chi connectivity index (χ0v) is 15.8. The summed E-state index contributed by atoms with van der Waals surface area (Å²) in [6, 6.07) is 0. The maximum atomic E-state index is 5.83. The molecule has 0 amide bonds. The smallest absolute Gasteiger partial charge is 0.188 e. The van der Waals surface area contributed by atoms with Gasteiger partial charge in [-0.25, -0.2) is 0 Å². The molecular formula is C14H32IN5O. The van der Waals surface area contributed by atoms with E-state index in [1.54, 1.807) is 0 Å². The van der Waals surface area contributed by atoms with E-state index in [4.69, 9.17) is 10.5 Å². The van der Waals surface area contributed by atoms with Gasteiger partial charge in [0.15, 0.2) is 5.96 Å². The molecule has 0 saturated carbocycles. The summed E-state index contributed by atoms with van der Waals surface area (Å²) in [5.74, 6) is 0.549. The van der Waals surface area contributed by atoms with Gasteiger partial charge in [-0.2, -0.15) is 0 Å². The second-order valence-corrected chi connectivity index (χ2v) is 5.24. The summed E-state index contributed by atoms with van der Waals surface area (Å²) in [6.45, 7) is 10.8. The average Bonchev–Trinajstić information content (AvgIpc) is 2.64. The zero-order valence-electron chi connectivity index (χ0n) is 13.5. The largest absolute Gasteiger partial charge is 0.382 e. The summed E-state index contributed by atoms with van der Waals surface area (Å²) in [6.07, 6.45) is 2.17. The number of guanidine groups is 1. The molecule has 7 heteroatoms. The molecule has 21 heavy (non-hydrogen) atoms. The second-order valence-electron chi connectivity index (χ2n) is 5.24. The molecule has 1 fully saturated rings. The molecule has 0 aromatic heterocycles. The third kappa shape index (κ3) is 11.1. The van der Waals surface area contributed by atoms with Crippen molar-refractivity contribution in [1.82, 2.24) is 15.1 Å². The van der Waals surface area contributed by atoms with Crippen LogP contribution in [0.2, 0.25) is 0 Å². The Morgan fingerprint density at radius 2 is 2.10 bits per heavy atom. The summed E-state index contributed by atoms with van der Waals surface area (Å²) in [5.41, 5.74) is 5.83. The number of nitrogens with one attached hydrogen (secondary N) is 1. The van der Waals surface area contributed by atoms with Crippen molar-refractivity contribution in [1.29, 1.82) is 0 Å². The molecule has 1 heterocycles. The third-order valence-corrected chi connectivity index (χ3v) is 3.48. The fraction of sp³-hybridized carbons (Fsp3) is 0.929. The fourth-order valence-electron chi connectivity index (χ4n) is 2.23. The molecule has 0 unspecified atom stereocenters. The van der Waals surface area contributed by atoms with Gasteiger partial charge in [0.05, 0.1) is 0 Å². The number of nitrogens with two attached hydrogens (primary N) is 1. The summed E-state index contributed by atoms with van der Waals surface area (Å²) < 4.78 is 5.26. The monoisotopic (exact) mass is 413 g/mol. The van der Waals surface area contributed by atoms with Crippen LogP contribution in [0.1, 0.15) is 19.8 Å². The van der Waals surface area contributed by atoms with Gasteiger partial charge in [-0.1, -0.05) is 0 Å². The number of hydrogen-bond acceptors (Lipinski definition) is 4. The number of ether oxygens (including phenoxy) is 1. The number of halogens is 1. The highest BCUT2D eigenvalue weighted by atomic mass is 127. The lowest BCUT2D eigenvalue weighted by molar-refractivity contribution is 0.146. The van der Waals surface area contributed by atoms with Crippen LogP contribution in [0, 0.1) is 0 Å². The van der Waals surface area contributed by atoms with Crippen molar-refractivity contribution in [3.63, 3.8) is 0 Å². The Morgan fingerprint density at radius 1 is 1.29 bits per heavy atom. The minimum absolute atomic E-state index is 0. The molecule has 0 atom stereocenters. The maximum Gasteiger partial charge on any atom is 0.188 e. The molecule has 1 aliphatic rings. The number of likely N-dealkylation sites (N-methyl/N-ethyl adjacent to an activating group) is 1. The minimum atomic E-state index is 0. The Labute approximate surface area is 146 Å². The van der Waals surface area contributed by atoms with E-state index in [2.05, 4.69) is 27.2 Å². The van der Waals surface area contributed by atoms with Crippen LogP contribution < -0.4 is 11.1 Å². The van der Waals surface area contributed by atoms with Crippen LogP contribution in [0.5, 0.6) is 0 Å². The SMILES string of the molecule is CCOCCCN=C(N)NCCN1CCCN(C)CC1.I. The van der Waals surface area contributed by atoms with Crippen LogP contribution in [-0.4, -0.2) is 81.8 Å². The maximum absolute atomic E-state index is 5.83. The highest BCUT2D eigenvalue weighted by molar-refractivity contribution is 14.0. The van der Waals surface area contributed by atoms with Crippen molar-refractivity contribution in [3.05, 3.63) is 0 Å². The Bertz CT molecular complexity index is 278. The van der Waals surface area contributed by atoms with Crippen molar-refractivity contribution in [2.75, 3.05) is 66.1 Å². The standard InChI is InChI=1S/C14H31N5O.HI/c1-3-20-13-4-6-16-14(15)17-7-10-19-9-5-8-18(2)11-12-19;/h3-13H2,1-2H3,(H3,15,16,17);1H. The van der Waals surface area contributed by atoms with E-state index < -0.39 is 0 Å². The number of nitrogens with zero attached hydrogens (tertiary/aromatic N) is 3. The molecule has 0 spiro atoms. The number of rotatable bonds is 8. The van der Waals surface area contributed by atoms with Crippen LogP contribution in [-0.2, 0) is 4.74 Å². The molecule has 0 aromatic rings. The van der Waals surface area contributed by atoms with Crippen LogP contribution in [0.15, 0.2) is 4.99 Å². The third-order valence-electron chi connectivity index (χ3n) is 3.48. The molecule has 6 nitrogen and oxygen atoms in total. The molecule has 1 rings (SSSR count). The highest BCUT2D eigenvalue weighted by Crippen LogP contribution is 1.99. The molecule has 126 valence electrons. The van der Waals surface area contributed by atoms with E-state index in [9.17, 15) is 0 Å². The van der Waals surface area contributed by atoms with Gasteiger partial charge >= 0.3 is 0 Å². The first kappa shape index (κ1) is 20.9. The Morgan fingerprint density at radius 3 is 2.86 bits per heavy atom. The lowest BCUT2D eigenvalue weighted by Crippen LogP contribution is -2.39. The zero-order chi connectivity index (χ0) is 14.6. The van der Waals surface area contributed by atoms with Crippen LogP contribution >= 0.6 is 24.0 Å². The summed E-state index contributed by atoms with van der Waals surface area (Å²) in [5, 5.41) is 3.18. The quantitative estimate of drug-likeness (QED) is 0.264. The van der Waals surface area contributed by atoms with Crippen molar-refractivity contribution in [3.8, 4) is 0 Å². The lowest BCUT2D eigenvalue weighted by atomic mass is 10.4. The van der Waals surface area contributed by atoms with Crippen LogP contribution in [0.3, 0.4) is 0 Å². The van der Waals surface area contributed by atoms with E-state index in [0.29, 0.717) is 5.96 Å². The van der Waals surface area contributed by atoms with E-state index >= 15 is 0 Å². The molecule has 0 aliphatic carbocycles. The Balaban J connectivity index is 0.00000400. The molecular weight excluding hydrogens is 381 g/mol. The Kier molecular flexibility index (Phi) is 13.5. The van der Waals surface area contributed by atoms with E-state index in [1.165, 1.54) is 19.5 Å². The second kappa shape index (κ2) is 13.5. The van der Waals surface area contributed by atoms with E-state index in [0.717, 1.165) is 52.4 Å². The topological polar surface area (TPSA) is 66.1 Å². The summed E-state index contributed by atoms with van der Waals surface area (Å²) >= 11 is 0. The van der Waals surface area contributed by atoms with Gasteiger partial charge in [-0.15, -0.1) is 24.0 Å². The van der Waals surface area contributed by atoms with Gasteiger partial charge in [-0.05, 0) is 39.9 Å². The first-order valence-electron chi connectivity index (χ1n) is 7.74. The normalized spacial score (nSPS) is 18.1.